The monoisotopic (exact) mass is 327 g/mol. The van der Waals surface area contributed by atoms with Gasteiger partial charge in [-0.15, -0.1) is 0 Å². The van der Waals surface area contributed by atoms with E-state index in [4.69, 9.17) is 9.47 Å². The summed E-state index contributed by atoms with van der Waals surface area (Å²) in [4.78, 5) is 15.0. The molecular weight excluding hydrogens is 302 g/mol. The maximum atomic E-state index is 13.2. The molecule has 4 heteroatoms. The Morgan fingerprint density at radius 2 is 2.04 bits per heavy atom. The first-order valence-electron chi connectivity index (χ1n) is 8.83. The molecule has 3 aliphatic heterocycles. The van der Waals surface area contributed by atoms with Crippen LogP contribution in [0.15, 0.2) is 30.4 Å². The van der Waals surface area contributed by atoms with Gasteiger partial charge in [-0.1, -0.05) is 26.8 Å². The molecular formula is C20H25NO3. The molecule has 1 amide bonds. The van der Waals surface area contributed by atoms with Gasteiger partial charge in [0.2, 0.25) is 0 Å². The number of hydrogen-bond acceptors (Lipinski definition) is 3. The number of amides is 1. The molecule has 0 aromatic heterocycles. The van der Waals surface area contributed by atoms with E-state index in [1.165, 1.54) is 5.56 Å². The SMILES string of the molecule is CCN1C(=O)[C@@]2(C=C[C@]3(CCCO3)O2)c2cc(C(C)(C)C)ccc21. The second-order valence-electron chi connectivity index (χ2n) is 7.97. The first kappa shape index (κ1) is 15.9. The van der Waals surface area contributed by atoms with Gasteiger partial charge in [-0.05, 0) is 48.6 Å². The van der Waals surface area contributed by atoms with Gasteiger partial charge in [-0.25, -0.2) is 0 Å². The van der Waals surface area contributed by atoms with Crippen molar-refractivity contribution in [2.24, 2.45) is 0 Å². The minimum absolute atomic E-state index is 0.00492. The summed E-state index contributed by atoms with van der Waals surface area (Å²) in [6.07, 6.45) is 5.63. The van der Waals surface area contributed by atoms with Crippen LogP contribution in [0.2, 0.25) is 0 Å². The molecule has 2 spiro atoms. The first-order valence-corrected chi connectivity index (χ1v) is 8.83. The zero-order chi connectivity index (χ0) is 17.2. The average Bonchev–Trinajstić information content (AvgIpc) is 3.20. The molecule has 0 unspecified atom stereocenters. The Labute approximate surface area is 143 Å². The Balaban J connectivity index is 1.86. The smallest absolute Gasteiger partial charge is 0.268 e. The lowest BCUT2D eigenvalue weighted by molar-refractivity contribution is -0.213. The molecule has 1 fully saturated rings. The van der Waals surface area contributed by atoms with Gasteiger partial charge in [-0.3, -0.25) is 4.79 Å². The molecule has 0 aliphatic carbocycles. The van der Waals surface area contributed by atoms with Crippen molar-refractivity contribution in [3.8, 4) is 0 Å². The lowest BCUT2D eigenvalue weighted by atomic mass is 9.84. The lowest BCUT2D eigenvalue weighted by Gasteiger charge is -2.29. The van der Waals surface area contributed by atoms with E-state index in [0.717, 1.165) is 24.1 Å². The van der Waals surface area contributed by atoms with Gasteiger partial charge >= 0.3 is 0 Å². The van der Waals surface area contributed by atoms with E-state index in [0.29, 0.717) is 13.2 Å². The zero-order valence-corrected chi connectivity index (χ0v) is 14.9. The fourth-order valence-electron chi connectivity index (χ4n) is 3.97. The van der Waals surface area contributed by atoms with Gasteiger partial charge in [-0.2, -0.15) is 0 Å². The van der Waals surface area contributed by atoms with E-state index < -0.39 is 11.4 Å². The van der Waals surface area contributed by atoms with Crippen LogP contribution in [0.25, 0.3) is 0 Å². The van der Waals surface area contributed by atoms with Gasteiger partial charge in [0.05, 0.1) is 12.3 Å². The van der Waals surface area contributed by atoms with E-state index >= 15 is 0 Å². The van der Waals surface area contributed by atoms with E-state index in [9.17, 15) is 4.79 Å². The van der Waals surface area contributed by atoms with Crippen LogP contribution in [0.5, 0.6) is 0 Å². The van der Waals surface area contributed by atoms with E-state index in [-0.39, 0.29) is 11.3 Å². The number of hydrogen-bond donors (Lipinski definition) is 0. The van der Waals surface area contributed by atoms with Crippen molar-refractivity contribution in [2.45, 2.75) is 57.3 Å². The molecule has 128 valence electrons. The highest BCUT2D eigenvalue weighted by atomic mass is 16.7. The Morgan fingerprint density at radius 1 is 1.25 bits per heavy atom. The predicted molar refractivity (Wildman–Crippen MR) is 93.0 cm³/mol. The van der Waals surface area contributed by atoms with E-state index in [1.54, 1.807) is 0 Å². The lowest BCUT2D eigenvalue weighted by Crippen LogP contribution is -2.43. The number of nitrogens with zero attached hydrogens (tertiary/aromatic N) is 1. The minimum Gasteiger partial charge on any atom is -0.346 e. The molecule has 2 atom stereocenters. The number of likely N-dealkylation sites (N-methyl/N-ethyl adjacent to an activating group) is 1. The van der Waals surface area contributed by atoms with Crippen LogP contribution in [0.1, 0.15) is 51.7 Å². The molecule has 0 bridgehead atoms. The molecule has 0 N–H and O–H groups in total. The molecule has 1 aromatic rings. The number of ether oxygens (including phenoxy) is 2. The van der Waals surface area contributed by atoms with Crippen LogP contribution in [-0.2, 0) is 25.3 Å². The summed E-state index contributed by atoms with van der Waals surface area (Å²) in [5.41, 5.74) is 2.09. The number of carbonyl (C=O) groups is 1. The van der Waals surface area contributed by atoms with Gasteiger partial charge in [0.25, 0.3) is 5.91 Å². The Bertz CT molecular complexity index is 725. The van der Waals surface area contributed by atoms with Crippen LogP contribution < -0.4 is 4.90 Å². The Kier molecular flexibility index (Phi) is 3.26. The van der Waals surface area contributed by atoms with Crippen molar-refractivity contribution in [3.63, 3.8) is 0 Å². The topological polar surface area (TPSA) is 38.8 Å². The second-order valence-corrected chi connectivity index (χ2v) is 7.97. The number of benzene rings is 1. The van der Waals surface area contributed by atoms with Crippen molar-refractivity contribution in [2.75, 3.05) is 18.1 Å². The molecule has 24 heavy (non-hydrogen) atoms. The maximum Gasteiger partial charge on any atom is 0.268 e. The molecule has 1 saturated heterocycles. The minimum atomic E-state index is -1.03. The Morgan fingerprint density at radius 3 is 2.67 bits per heavy atom. The second kappa shape index (κ2) is 4.93. The third-order valence-corrected chi connectivity index (χ3v) is 5.35. The van der Waals surface area contributed by atoms with Crippen molar-refractivity contribution in [3.05, 3.63) is 41.5 Å². The van der Waals surface area contributed by atoms with Crippen LogP contribution in [-0.4, -0.2) is 24.8 Å². The third-order valence-electron chi connectivity index (χ3n) is 5.35. The van der Waals surface area contributed by atoms with Gasteiger partial charge in [0.15, 0.2) is 11.4 Å². The van der Waals surface area contributed by atoms with Crippen LogP contribution >= 0.6 is 0 Å². The number of fused-ring (bicyclic) bond motifs is 2. The van der Waals surface area contributed by atoms with Gasteiger partial charge in [0, 0.05) is 18.5 Å². The number of carbonyl (C=O) groups excluding carboxylic acids is 1. The summed E-state index contributed by atoms with van der Waals surface area (Å²) in [6.45, 7) is 9.86. The van der Waals surface area contributed by atoms with E-state index in [1.807, 2.05) is 24.0 Å². The summed E-state index contributed by atoms with van der Waals surface area (Å²) < 4.78 is 12.2. The first-order chi connectivity index (χ1) is 11.3. The van der Waals surface area contributed by atoms with Crippen LogP contribution in [0, 0.1) is 0 Å². The van der Waals surface area contributed by atoms with Gasteiger partial charge in [0.1, 0.15) is 0 Å². The standard InChI is InChI=1S/C20H25NO3/c1-5-21-16-8-7-14(18(2,3)4)13-15(16)20(17(21)22)11-10-19(24-20)9-6-12-23-19/h7-8,10-11,13H,5-6,9,12H2,1-4H3/t19-,20+/m0/s1. The Hall–Kier alpha value is -1.65. The average molecular weight is 327 g/mol. The molecule has 3 aliphatic rings. The van der Waals surface area contributed by atoms with Crippen molar-refractivity contribution in [1.82, 2.24) is 0 Å². The highest BCUT2D eigenvalue weighted by molar-refractivity contribution is 6.08. The summed E-state index contributed by atoms with van der Waals surface area (Å²) >= 11 is 0. The van der Waals surface area contributed by atoms with Gasteiger partial charge < -0.3 is 14.4 Å². The third kappa shape index (κ3) is 2.02. The fourth-order valence-corrected chi connectivity index (χ4v) is 3.97. The molecule has 4 rings (SSSR count). The molecule has 4 nitrogen and oxygen atoms in total. The summed E-state index contributed by atoms with van der Waals surface area (Å²) in [5, 5.41) is 0. The van der Waals surface area contributed by atoms with Crippen molar-refractivity contribution < 1.29 is 14.3 Å². The van der Waals surface area contributed by atoms with Crippen LogP contribution in [0.3, 0.4) is 0 Å². The molecule has 0 radical (unpaired) electrons. The predicted octanol–water partition coefficient (Wildman–Crippen LogP) is 3.64. The number of anilines is 1. The quantitative estimate of drug-likeness (QED) is 0.739. The normalized spacial score (nSPS) is 31.7. The molecule has 3 heterocycles. The molecule has 0 saturated carbocycles. The van der Waals surface area contributed by atoms with Crippen molar-refractivity contribution in [1.29, 1.82) is 0 Å². The summed E-state index contributed by atoms with van der Waals surface area (Å²) in [7, 11) is 0. The van der Waals surface area contributed by atoms with Crippen molar-refractivity contribution >= 4 is 11.6 Å². The molecule has 1 aromatic carbocycles. The fraction of sp³-hybridized carbons (Fsp3) is 0.550. The summed E-state index contributed by atoms with van der Waals surface area (Å²) in [6, 6.07) is 6.32. The number of rotatable bonds is 1. The highest BCUT2D eigenvalue weighted by Gasteiger charge is 2.58. The highest BCUT2D eigenvalue weighted by Crippen LogP contribution is 2.52. The maximum absolute atomic E-state index is 13.2. The zero-order valence-electron chi connectivity index (χ0n) is 14.9. The summed E-state index contributed by atoms with van der Waals surface area (Å²) in [5.74, 6) is -0.733. The van der Waals surface area contributed by atoms with E-state index in [2.05, 4.69) is 39.0 Å². The largest absolute Gasteiger partial charge is 0.346 e. The van der Waals surface area contributed by atoms with Crippen LogP contribution in [0.4, 0.5) is 5.69 Å².